The van der Waals surface area contributed by atoms with Gasteiger partial charge < -0.3 is 4.74 Å². The molecule has 0 aromatic carbocycles. The Balaban J connectivity index is 2.47. The Kier molecular flexibility index (Phi) is 2.80. The highest BCUT2D eigenvalue weighted by atomic mass is 16.6. The molecular formula is C13H17NO5. The van der Waals surface area contributed by atoms with E-state index in [0.717, 1.165) is 6.20 Å². The maximum Gasteiger partial charge on any atom is 0.302 e. The number of allylic oxidation sites excluding steroid dienone is 1. The molecule has 3 atom stereocenters. The van der Waals surface area contributed by atoms with Crippen molar-refractivity contribution in [2.75, 3.05) is 0 Å². The lowest BCUT2D eigenvalue weighted by atomic mass is 9.69. The maximum atomic E-state index is 12.5. The minimum absolute atomic E-state index is 0.236. The zero-order valence-corrected chi connectivity index (χ0v) is 11.4. The third-order valence-corrected chi connectivity index (χ3v) is 4.97. The van der Waals surface area contributed by atoms with Gasteiger partial charge in [0.2, 0.25) is 6.20 Å². The van der Waals surface area contributed by atoms with Crippen LogP contribution in [0.2, 0.25) is 0 Å². The van der Waals surface area contributed by atoms with Gasteiger partial charge in [0.25, 0.3) is 0 Å². The van der Waals surface area contributed by atoms with Crippen LogP contribution in [0.4, 0.5) is 0 Å². The topological polar surface area (TPSA) is 86.5 Å². The third-order valence-electron chi connectivity index (χ3n) is 4.97. The van der Waals surface area contributed by atoms with Crippen molar-refractivity contribution in [2.45, 2.75) is 40.2 Å². The molecule has 19 heavy (non-hydrogen) atoms. The molecule has 0 aliphatic heterocycles. The van der Waals surface area contributed by atoms with Crippen molar-refractivity contribution in [2.24, 2.45) is 16.7 Å². The average Bonchev–Trinajstić information content (AvgIpc) is 2.51. The molecule has 2 bridgehead atoms. The Labute approximate surface area is 111 Å². The monoisotopic (exact) mass is 267 g/mol. The van der Waals surface area contributed by atoms with Gasteiger partial charge in [0, 0.05) is 12.8 Å². The number of nitrogens with zero attached hydrogens (tertiary/aromatic N) is 1. The normalized spacial score (nSPS) is 37.7. The molecule has 2 saturated carbocycles. The van der Waals surface area contributed by atoms with Crippen LogP contribution < -0.4 is 0 Å². The summed E-state index contributed by atoms with van der Waals surface area (Å²) in [5.41, 5.74) is -1.09. The first-order valence-corrected chi connectivity index (χ1v) is 6.19. The smallest absolute Gasteiger partial charge is 0.302 e. The summed E-state index contributed by atoms with van der Waals surface area (Å²) in [6.45, 7) is 6.85. The molecule has 0 amide bonds. The van der Waals surface area contributed by atoms with E-state index in [1.165, 1.54) is 6.92 Å². The molecule has 2 fully saturated rings. The van der Waals surface area contributed by atoms with Crippen molar-refractivity contribution in [1.82, 2.24) is 0 Å². The summed E-state index contributed by atoms with van der Waals surface area (Å²) in [5, 5.41) is 10.6. The molecule has 0 saturated heterocycles. The number of hydrogen-bond donors (Lipinski definition) is 0. The Bertz CT molecular complexity index is 507. The summed E-state index contributed by atoms with van der Waals surface area (Å²) in [6, 6.07) is 0. The molecule has 0 aromatic heterocycles. The van der Waals surface area contributed by atoms with E-state index in [1.54, 1.807) is 6.92 Å². The van der Waals surface area contributed by atoms with Gasteiger partial charge in [-0.2, -0.15) is 0 Å². The Morgan fingerprint density at radius 1 is 1.47 bits per heavy atom. The van der Waals surface area contributed by atoms with E-state index in [-0.39, 0.29) is 17.3 Å². The van der Waals surface area contributed by atoms with E-state index in [4.69, 9.17) is 4.74 Å². The van der Waals surface area contributed by atoms with Gasteiger partial charge in [0.15, 0.2) is 5.78 Å². The van der Waals surface area contributed by atoms with Crippen LogP contribution in [0, 0.1) is 26.9 Å². The molecule has 0 radical (unpaired) electrons. The minimum Gasteiger partial charge on any atom is -0.461 e. The number of esters is 1. The molecule has 6 nitrogen and oxygen atoms in total. The van der Waals surface area contributed by atoms with E-state index < -0.39 is 27.8 Å². The lowest BCUT2D eigenvalue weighted by molar-refractivity contribution is -0.403. The fourth-order valence-electron chi connectivity index (χ4n) is 3.56. The summed E-state index contributed by atoms with van der Waals surface area (Å²) in [7, 11) is 0. The van der Waals surface area contributed by atoms with Gasteiger partial charge in [-0.15, -0.1) is 0 Å². The number of carbonyl (C=O) groups excluding carboxylic acids is 2. The molecule has 0 heterocycles. The average molecular weight is 267 g/mol. The summed E-state index contributed by atoms with van der Waals surface area (Å²) in [5.74, 6) is -0.932. The second-order valence-corrected chi connectivity index (χ2v) is 6.01. The second kappa shape index (κ2) is 3.88. The number of ether oxygens (including phenoxy) is 1. The maximum absolute atomic E-state index is 12.5. The number of rotatable bonds is 2. The summed E-state index contributed by atoms with van der Waals surface area (Å²) >= 11 is 0. The minimum atomic E-state index is -0.884. The number of ketones is 1. The van der Waals surface area contributed by atoms with Crippen molar-refractivity contribution < 1.29 is 19.2 Å². The predicted molar refractivity (Wildman–Crippen MR) is 65.6 cm³/mol. The van der Waals surface area contributed by atoms with Gasteiger partial charge in [-0.3, -0.25) is 19.7 Å². The van der Waals surface area contributed by atoms with Crippen molar-refractivity contribution >= 4 is 11.8 Å². The molecule has 2 aliphatic carbocycles. The van der Waals surface area contributed by atoms with Gasteiger partial charge in [-0.25, -0.2) is 0 Å². The van der Waals surface area contributed by atoms with E-state index in [0.29, 0.717) is 6.42 Å². The highest BCUT2D eigenvalue weighted by Crippen LogP contribution is 2.66. The van der Waals surface area contributed by atoms with E-state index in [9.17, 15) is 19.7 Å². The highest BCUT2D eigenvalue weighted by molar-refractivity contribution is 6.05. The number of Topliss-reactive ketones (excluding diaryl/α,β-unsaturated/α-hetero) is 1. The largest absolute Gasteiger partial charge is 0.461 e. The van der Waals surface area contributed by atoms with E-state index >= 15 is 0 Å². The van der Waals surface area contributed by atoms with Crippen molar-refractivity contribution in [3.63, 3.8) is 0 Å². The molecule has 3 unspecified atom stereocenters. The number of nitro groups is 1. The molecule has 0 aromatic rings. The fourth-order valence-corrected chi connectivity index (χ4v) is 3.56. The van der Waals surface area contributed by atoms with Crippen LogP contribution in [-0.2, 0) is 14.3 Å². The van der Waals surface area contributed by atoms with E-state index in [2.05, 4.69) is 0 Å². The van der Waals surface area contributed by atoms with Crippen molar-refractivity contribution in [3.05, 3.63) is 21.9 Å². The molecule has 2 aliphatic rings. The first-order valence-electron chi connectivity index (χ1n) is 6.19. The van der Waals surface area contributed by atoms with Crippen LogP contribution in [0.1, 0.15) is 34.1 Å². The quantitative estimate of drug-likeness (QED) is 0.329. The van der Waals surface area contributed by atoms with Crippen LogP contribution in [0.15, 0.2) is 11.8 Å². The molecule has 104 valence electrons. The summed E-state index contributed by atoms with van der Waals surface area (Å²) in [6.07, 6.45) is 0.778. The first kappa shape index (κ1) is 13.7. The number of hydrogen-bond acceptors (Lipinski definition) is 5. The van der Waals surface area contributed by atoms with Crippen LogP contribution in [0.25, 0.3) is 0 Å². The number of carbonyl (C=O) groups is 2. The van der Waals surface area contributed by atoms with Crippen molar-refractivity contribution in [3.8, 4) is 0 Å². The predicted octanol–water partition coefficient (Wildman–Crippen LogP) is 1.71. The lowest BCUT2D eigenvalue weighted by Crippen LogP contribution is -2.44. The standard InChI is InChI=1S/C13H17NO5/c1-7(15)19-10-5-9-8(6-14(17)18)11(16)13(10,4)12(9,2)3/h6,9-10H,5H2,1-4H3/b8-6+. The SMILES string of the molecule is CC(=O)OC1CC2/C(=C\[N+](=O)[O-])C(=O)C1(C)C2(C)C. The van der Waals surface area contributed by atoms with E-state index in [1.807, 2.05) is 13.8 Å². The van der Waals surface area contributed by atoms with Gasteiger partial charge in [-0.1, -0.05) is 13.8 Å². The molecule has 0 spiro atoms. The second-order valence-electron chi connectivity index (χ2n) is 6.01. The zero-order valence-electron chi connectivity index (χ0n) is 11.4. The fraction of sp³-hybridized carbons (Fsp3) is 0.692. The molecule has 6 heteroatoms. The Morgan fingerprint density at radius 2 is 2.05 bits per heavy atom. The highest BCUT2D eigenvalue weighted by Gasteiger charge is 2.71. The van der Waals surface area contributed by atoms with Crippen LogP contribution in [-0.4, -0.2) is 22.8 Å². The third kappa shape index (κ3) is 1.62. The molecule has 0 N–H and O–H groups in total. The van der Waals surface area contributed by atoms with Crippen molar-refractivity contribution in [1.29, 1.82) is 0 Å². The molecule has 2 rings (SSSR count). The van der Waals surface area contributed by atoms with Crippen LogP contribution in [0.5, 0.6) is 0 Å². The van der Waals surface area contributed by atoms with Gasteiger partial charge in [-0.05, 0) is 18.8 Å². The lowest BCUT2D eigenvalue weighted by Gasteiger charge is -2.36. The number of fused-ring (bicyclic) bond motifs is 2. The first-order chi connectivity index (χ1) is 8.62. The Hall–Kier alpha value is -1.72. The summed E-state index contributed by atoms with van der Waals surface area (Å²) in [4.78, 5) is 33.7. The van der Waals surface area contributed by atoms with Gasteiger partial charge >= 0.3 is 5.97 Å². The van der Waals surface area contributed by atoms with Gasteiger partial charge in [0.05, 0.1) is 15.9 Å². The molecular weight excluding hydrogens is 250 g/mol. The van der Waals surface area contributed by atoms with Gasteiger partial charge in [0.1, 0.15) is 6.10 Å². The summed E-state index contributed by atoms with van der Waals surface area (Å²) < 4.78 is 5.25. The van der Waals surface area contributed by atoms with Crippen LogP contribution in [0.3, 0.4) is 0 Å². The zero-order chi connectivity index (χ0) is 14.6. The van der Waals surface area contributed by atoms with Crippen LogP contribution >= 0.6 is 0 Å². The Morgan fingerprint density at radius 3 is 2.47 bits per heavy atom.